The first-order valence-corrected chi connectivity index (χ1v) is 6.71. The van der Waals surface area contributed by atoms with Crippen molar-refractivity contribution in [3.8, 4) is 0 Å². The maximum atomic E-state index is 12.0. The molecule has 6 heteroatoms. The van der Waals surface area contributed by atoms with Crippen molar-refractivity contribution >= 4 is 35.0 Å². The molecule has 1 aromatic heterocycles. The van der Waals surface area contributed by atoms with E-state index in [1.165, 1.54) is 42.0 Å². The molecule has 1 atom stereocenters. The van der Waals surface area contributed by atoms with Crippen molar-refractivity contribution in [1.29, 1.82) is 0 Å². The Morgan fingerprint density at radius 3 is 2.69 bits per heavy atom. The van der Waals surface area contributed by atoms with Crippen LogP contribution in [0.5, 0.6) is 0 Å². The number of rotatable bonds is 4. The average molecular weight is 259 g/mol. The van der Waals surface area contributed by atoms with Gasteiger partial charge < -0.3 is 10.0 Å². The van der Waals surface area contributed by atoms with Crippen molar-refractivity contribution in [1.82, 2.24) is 4.90 Å². The third kappa shape index (κ3) is 2.56. The van der Waals surface area contributed by atoms with Crippen LogP contribution >= 0.6 is 23.1 Å². The van der Waals surface area contributed by atoms with E-state index in [0.29, 0.717) is 4.88 Å². The Hall–Kier alpha value is -1.01. The second kappa shape index (κ2) is 5.36. The summed E-state index contributed by atoms with van der Waals surface area (Å²) in [5, 5.41) is 10.7. The summed E-state index contributed by atoms with van der Waals surface area (Å²) in [5.74, 6) is -1.24. The van der Waals surface area contributed by atoms with Gasteiger partial charge in [0, 0.05) is 11.9 Å². The molecule has 0 aromatic carbocycles. The molecule has 1 heterocycles. The van der Waals surface area contributed by atoms with E-state index in [-0.39, 0.29) is 5.91 Å². The number of nitrogens with zero attached hydrogens (tertiary/aromatic N) is 1. The van der Waals surface area contributed by atoms with Crippen LogP contribution in [0.2, 0.25) is 0 Å². The van der Waals surface area contributed by atoms with E-state index in [4.69, 9.17) is 5.11 Å². The van der Waals surface area contributed by atoms with E-state index >= 15 is 0 Å². The Morgan fingerprint density at radius 2 is 2.19 bits per heavy atom. The quantitative estimate of drug-likeness (QED) is 0.840. The van der Waals surface area contributed by atoms with Gasteiger partial charge in [-0.3, -0.25) is 4.79 Å². The van der Waals surface area contributed by atoms with Crippen LogP contribution in [0.1, 0.15) is 16.6 Å². The van der Waals surface area contributed by atoms with E-state index in [9.17, 15) is 9.59 Å². The highest BCUT2D eigenvalue weighted by Gasteiger charge is 2.25. The molecule has 16 heavy (non-hydrogen) atoms. The second-order valence-electron chi connectivity index (χ2n) is 3.25. The van der Waals surface area contributed by atoms with Crippen molar-refractivity contribution in [2.24, 2.45) is 0 Å². The highest BCUT2D eigenvalue weighted by atomic mass is 32.2. The van der Waals surface area contributed by atoms with E-state index in [1.54, 1.807) is 0 Å². The minimum Gasteiger partial charge on any atom is -0.480 e. The third-order valence-corrected chi connectivity index (χ3v) is 4.11. The summed E-state index contributed by atoms with van der Waals surface area (Å²) in [6, 6.07) is 1.05. The number of aliphatic carboxylic acids is 1. The average Bonchev–Trinajstić information content (AvgIpc) is 2.73. The fourth-order valence-electron chi connectivity index (χ4n) is 1.12. The van der Waals surface area contributed by atoms with Crippen molar-refractivity contribution in [2.45, 2.75) is 17.9 Å². The van der Waals surface area contributed by atoms with E-state index < -0.39 is 12.0 Å². The molecule has 1 rings (SSSR count). The van der Waals surface area contributed by atoms with Crippen LogP contribution < -0.4 is 0 Å². The van der Waals surface area contributed by atoms with Gasteiger partial charge in [0.05, 0.1) is 0 Å². The molecule has 1 aromatic rings. The zero-order valence-corrected chi connectivity index (χ0v) is 10.9. The van der Waals surface area contributed by atoms with Crippen LogP contribution in [0.25, 0.3) is 0 Å². The number of thioether (sulfide) groups is 1. The molecular formula is C10H13NO3S2. The lowest BCUT2D eigenvalue weighted by atomic mass is 10.3. The lowest BCUT2D eigenvalue weighted by Crippen LogP contribution is -2.40. The fourth-order valence-corrected chi connectivity index (χ4v) is 2.84. The summed E-state index contributed by atoms with van der Waals surface area (Å²) in [7, 11) is 1.50. The van der Waals surface area contributed by atoms with E-state index in [1.807, 2.05) is 17.7 Å². The van der Waals surface area contributed by atoms with Crippen molar-refractivity contribution in [2.75, 3.05) is 13.3 Å². The molecule has 0 bridgehead atoms. The van der Waals surface area contributed by atoms with Crippen molar-refractivity contribution < 1.29 is 14.7 Å². The van der Waals surface area contributed by atoms with Gasteiger partial charge in [-0.2, -0.15) is 0 Å². The fraction of sp³-hybridized carbons (Fsp3) is 0.400. The van der Waals surface area contributed by atoms with Crippen molar-refractivity contribution in [3.05, 3.63) is 16.3 Å². The summed E-state index contributed by atoms with van der Waals surface area (Å²) < 4.78 is 0. The highest BCUT2D eigenvalue weighted by molar-refractivity contribution is 7.98. The van der Waals surface area contributed by atoms with Gasteiger partial charge >= 0.3 is 5.97 Å². The normalized spacial score (nSPS) is 12.2. The molecule has 0 aliphatic carbocycles. The number of likely N-dealkylation sites (N-methyl/N-ethyl adjacent to an activating group) is 1. The summed E-state index contributed by atoms with van der Waals surface area (Å²) in [6.07, 6.45) is 1.89. The summed E-state index contributed by atoms with van der Waals surface area (Å²) in [6.45, 7) is 1.49. The smallest absolute Gasteiger partial charge is 0.326 e. The van der Waals surface area contributed by atoms with E-state index in [0.717, 1.165) is 4.90 Å². The van der Waals surface area contributed by atoms with Crippen LogP contribution in [0, 0.1) is 0 Å². The van der Waals surface area contributed by atoms with E-state index in [2.05, 4.69) is 0 Å². The molecule has 4 nitrogen and oxygen atoms in total. The maximum Gasteiger partial charge on any atom is 0.326 e. The number of thiophene rings is 1. The first-order valence-electron chi connectivity index (χ1n) is 4.60. The molecule has 1 N–H and O–H groups in total. The standard InChI is InChI=1S/C10H13NO3S2/c1-6(10(13)14)11(2)9(12)8-7(15-3)4-5-16-8/h4-6H,1-3H3,(H,13,14). The zero-order valence-electron chi connectivity index (χ0n) is 9.26. The largest absolute Gasteiger partial charge is 0.480 e. The molecule has 0 radical (unpaired) electrons. The number of carboxylic acid groups (broad SMARTS) is 1. The molecule has 0 fully saturated rings. The maximum absolute atomic E-state index is 12.0. The van der Waals surface area contributed by atoms with Crippen LogP contribution in [-0.2, 0) is 4.79 Å². The molecular weight excluding hydrogens is 246 g/mol. The van der Waals surface area contributed by atoms with Gasteiger partial charge in [-0.25, -0.2) is 4.79 Å². The monoisotopic (exact) mass is 259 g/mol. The summed E-state index contributed by atoms with van der Waals surface area (Å²) in [4.78, 5) is 25.5. The lowest BCUT2D eigenvalue weighted by molar-refractivity contribution is -0.141. The number of carbonyl (C=O) groups is 2. The van der Waals surface area contributed by atoms with Gasteiger partial charge in [0.25, 0.3) is 5.91 Å². The third-order valence-electron chi connectivity index (χ3n) is 2.30. The number of hydrogen-bond acceptors (Lipinski definition) is 4. The Bertz CT molecular complexity index is 403. The van der Waals surface area contributed by atoms with Gasteiger partial charge in [0.15, 0.2) is 0 Å². The lowest BCUT2D eigenvalue weighted by Gasteiger charge is -2.21. The predicted molar refractivity (Wildman–Crippen MR) is 65.3 cm³/mol. The summed E-state index contributed by atoms with van der Waals surface area (Å²) >= 11 is 2.82. The number of hydrogen-bond donors (Lipinski definition) is 1. The Balaban J connectivity index is 2.90. The summed E-state index contributed by atoms with van der Waals surface area (Å²) in [5.41, 5.74) is 0. The number of carboxylic acids is 1. The van der Waals surface area contributed by atoms with Crippen LogP contribution in [0.3, 0.4) is 0 Å². The molecule has 88 valence electrons. The minimum atomic E-state index is -1.00. The van der Waals surface area contributed by atoms with Gasteiger partial charge in [-0.1, -0.05) is 0 Å². The first-order chi connectivity index (χ1) is 7.49. The molecule has 1 unspecified atom stereocenters. The van der Waals surface area contributed by atoms with Crippen LogP contribution in [-0.4, -0.2) is 41.2 Å². The van der Waals surface area contributed by atoms with Gasteiger partial charge in [0.2, 0.25) is 0 Å². The molecule has 0 spiro atoms. The molecule has 0 aliphatic rings. The van der Waals surface area contributed by atoms with Gasteiger partial charge in [-0.05, 0) is 24.6 Å². The zero-order chi connectivity index (χ0) is 12.3. The topological polar surface area (TPSA) is 57.6 Å². The number of carbonyl (C=O) groups excluding carboxylic acids is 1. The SMILES string of the molecule is CSc1ccsc1C(=O)N(C)C(C)C(=O)O. The van der Waals surface area contributed by atoms with Crippen molar-refractivity contribution in [3.63, 3.8) is 0 Å². The highest BCUT2D eigenvalue weighted by Crippen LogP contribution is 2.27. The molecule has 0 saturated heterocycles. The Labute approximate surface area is 102 Å². The minimum absolute atomic E-state index is 0.241. The second-order valence-corrected chi connectivity index (χ2v) is 5.01. The first kappa shape index (κ1) is 13.1. The van der Waals surface area contributed by atoms with Crippen LogP contribution in [0.15, 0.2) is 16.3 Å². The van der Waals surface area contributed by atoms with Gasteiger partial charge in [-0.15, -0.1) is 23.1 Å². The van der Waals surface area contributed by atoms with Crippen LogP contribution in [0.4, 0.5) is 0 Å². The van der Waals surface area contributed by atoms with Gasteiger partial charge in [0.1, 0.15) is 10.9 Å². The predicted octanol–water partition coefficient (Wildman–Crippen LogP) is 2.02. The molecule has 0 saturated carbocycles. The Kier molecular flexibility index (Phi) is 4.37. The molecule has 1 amide bonds. The molecule has 0 aliphatic heterocycles. The number of amides is 1. The Morgan fingerprint density at radius 1 is 1.56 bits per heavy atom.